The Kier molecular flexibility index (Phi) is 5.76. The summed E-state index contributed by atoms with van der Waals surface area (Å²) in [5, 5.41) is 0. The lowest BCUT2D eigenvalue weighted by Gasteiger charge is -2.24. The normalized spacial score (nSPS) is 16.7. The van der Waals surface area contributed by atoms with Gasteiger partial charge in [-0.2, -0.15) is 0 Å². The standard InChI is InChI=1S/C16H23NO2/c1-18-15-9-3-4-10-16(15)19-14-8-7-13-17-11-5-2-6-12-17/h3-4,7-10H,2,5-6,11-14H2,1H3/b8-7+. The molecule has 1 aliphatic heterocycles. The molecule has 1 aromatic rings. The predicted octanol–water partition coefficient (Wildman–Crippen LogP) is 3.12. The van der Waals surface area contributed by atoms with Crippen molar-refractivity contribution >= 4 is 0 Å². The van der Waals surface area contributed by atoms with Crippen LogP contribution in [0.4, 0.5) is 0 Å². The van der Waals surface area contributed by atoms with E-state index in [0.29, 0.717) is 6.61 Å². The molecule has 0 bridgehead atoms. The number of para-hydroxylation sites is 2. The highest BCUT2D eigenvalue weighted by atomic mass is 16.5. The van der Waals surface area contributed by atoms with Gasteiger partial charge in [0.1, 0.15) is 6.61 Å². The molecule has 1 heterocycles. The number of benzene rings is 1. The molecule has 0 atom stereocenters. The van der Waals surface area contributed by atoms with E-state index < -0.39 is 0 Å². The van der Waals surface area contributed by atoms with E-state index >= 15 is 0 Å². The van der Waals surface area contributed by atoms with E-state index in [2.05, 4.69) is 17.1 Å². The first-order valence-corrected chi connectivity index (χ1v) is 7.03. The largest absolute Gasteiger partial charge is 0.493 e. The first kappa shape index (κ1) is 13.9. The number of nitrogens with zero attached hydrogens (tertiary/aromatic N) is 1. The second-order valence-corrected chi connectivity index (χ2v) is 4.79. The molecule has 0 saturated carbocycles. The van der Waals surface area contributed by atoms with Gasteiger partial charge in [-0.1, -0.05) is 30.7 Å². The Labute approximate surface area is 115 Å². The Bertz CT molecular complexity index is 397. The van der Waals surface area contributed by atoms with Gasteiger partial charge >= 0.3 is 0 Å². The van der Waals surface area contributed by atoms with Gasteiger partial charge < -0.3 is 9.47 Å². The minimum Gasteiger partial charge on any atom is -0.493 e. The van der Waals surface area contributed by atoms with Crippen LogP contribution in [0.2, 0.25) is 0 Å². The van der Waals surface area contributed by atoms with Gasteiger partial charge in [0.15, 0.2) is 11.5 Å². The molecule has 0 N–H and O–H groups in total. The molecule has 1 aliphatic rings. The third-order valence-corrected chi connectivity index (χ3v) is 3.38. The van der Waals surface area contributed by atoms with Crippen LogP contribution in [0.5, 0.6) is 11.5 Å². The van der Waals surface area contributed by atoms with E-state index in [0.717, 1.165) is 18.0 Å². The lowest BCUT2D eigenvalue weighted by Crippen LogP contribution is -2.29. The van der Waals surface area contributed by atoms with Crippen LogP contribution in [-0.4, -0.2) is 38.3 Å². The van der Waals surface area contributed by atoms with Gasteiger partial charge in [0, 0.05) is 6.54 Å². The fourth-order valence-corrected chi connectivity index (χ4v) is 2.31. The summed E-state index contributed by atoms with van der Waals surface area (Å²) >= 11 is 0. The van der Waals surface area contributed by atoms with Crippen LogP contribution in [-0.2, 0) is 0 Å². The maximum absolute atomic E-state index is 5.69. The first-order valence-electron chi connectivity index (χ1n) is 7.03. The molecule has 1 saturated heterocycles. The molecular weight excluding hydrogens is 238 g/mol. The highest BCUT2D eigenvalue weighted by Crippen LogP contribution is 2.25. The second-order valence-electron chi connectivity index (χ2n) is 4.79. The third-order valence-electron chi connectivity index (χ3n) is 3.38. The SMILES string of the molecule is COc1ccccc1OC/C=C/CN1CCCCC1. The monoisotopic (exact) mass is 261 g/mol. The van der Waals surface area contributed by atoms with Crippen LogP contribution < -0.4 is 9.47 Å². The number of ether oxygens (including phenoxy) is 2. The van der Waals surface area contributed by atoms with Crippen molar-refractivity contribution in [3.05, 3.63) is 36.4 Å². The van der Waals surface area contributed by atoms with Crippen molar-refractivity contribution in [2.45, 2.75) is 19.3 Å². The van der Waals surface area contributed by atoms with Gasteiger partial charge in [0.2, 0.25) is 0 Å². The topological polar surface area (TPSA) is 21.7 Å². The lowest BCUT2D eigenvalue weighted by atomic mass is 10.1. The molecule has 3 nitrogen and oxygen atoms in total. The fraction of sp³-hybridized carbons (Fsp3) is 0.500. The van der Waals surface area contributed by atoms with Gasteiger partial charge in [-0.25, -0.2) is 0 Å². The van der Waals surface area contributed by atoms with E-state index in [9.17, 15) is 0 Å². The van der Waals surface area contributed by atoms with Gasteiger partial charge in [-0.05, 0) is 38.1 Å². The van der Waals surface area contributed by atoms with Gasteiger partial charge in [0.05, 0.1) is 7.11 Å². The second kappa shape index (κ2) is 7.85. The average Bonchev–Trinajstić information content (AvgIpc) is 2.48. The molecule has 0 aliphatic carbocycles. The van der Waals surface area contributed by atoms with Crippen molar-refractivity contribution in [2.24, 2.45) is 0 Å². The molecule has 104 valence electrons. The predicted molar refractivity (Wildman–Crippen MR) is 77.9 cm³/mol. The summed E-state index contributed by atoms with van der Waals surface area (Å²) < 4.78 is 10.9. The summed E-state index contributed by atoms with van der Waals surface area (Å²) in [7, 11) is 1.66. The van der Waals surface area contributed by atoms with E-state index in [1.54, 1.807) is 7.11 Å². The molecule has 3 heteroatoms. The summed E-state index contributed by atoms with van der Waals surface area (Å²) in [6, 6.07) is 7.73. The molecule has 0 unspecified atom stereocenters. The zero-order valence-electron chi connectivity index (χ0n) is 11.7. The number of likely N-dealkylation sites (tertiary alicyclic amines) is 1. The van der Waals surface area contributed by atoms with Gasteiger partial charge in [0.25, 0.3) is 0 Å². The number of hydrogen-bond donors (Lipinski definition) is 0. The summed E-state index contributed by atoms with van der Waals surface area (Å²) in [6.07, 6.45) is 8.34. The Morgan fingerprint density at radius 2 is 1.79 bits per heavy atom. The summed E-state index contributed by atoms with van der Waals surface area (Å²) in [4.78, 5) is 2.49. The van der Waals surface area contributed by atoms with Crippen LogP contribution in [0.3, 0.4) is 0 Å². The quantitative estimate of drug-likeness (QED) is 0.734. The van der Waals surface area contributed by atoms with Crippen molar-refractivity contribution < 1.29 is 9.47 Å². The Balaban J connectivity index is 1.70. The maximum Gasteiger partial charge on any atom is 0.161 e. The molecule has 2 rings (SSSR count). The van der Waals surface area contributed by atoms with Crippen LogP contribution in [0.15, 0.2) is 36.4 Å². The van der Waals surface area contributed by atoms with Crippen molar-refractivity contribution in [3.8, 4) is 11.5 Å². The smallest absolute Gasteiger partial charge is 0.161 e. The summed E-state index contributed by atoms with van der Waals surface area (Å²) in [6.45, 7) is 4.10. The molecule has 0 radical (unpaired) electrons. The molecular formula is C16H23NO2. The van der Waals surface area contributed by atoms with Crippen molar-refractivity contribution in [3.63, 3.8) is 0 Å². The molecule has 0 spiro atoms. The number of hydrogen-bond acceptors (Lipinski definition) is 3. The van der Waals surface area contributed by atoms with E-state index in [1.165, 1.54) is 32.4 Å². The Hall–Kier alpha value is -1.48. The van der Waals surface area contributed by atoms with E-state index in [-0.39, 0.29) is 0 Å². The van der Waals surface area contributed by atoms with E-state index in [4.69, 9.17) is 9.47 Å². The lowest BCUT2D eigenvalue weighted by molar-refractivity contribution is 0.251. The highest BCUT2D eigenvalue weighted by Gasteiger charge is 2.07. The number of piperidine rings is 1. The molecule has 1 aromatic carbocycles. The van der Waals surface area contributed by atoms with Gasteiger partial charge in [-0.15, -0.1) is 0 Å². The van der Waals surface area contributed by atoms with Crippen LogP contribution in [0.25, 0.3) is 0 Å². The van der Waals surface area contributed by atoms with Crippen LogP contribution >= 0.6 is 0 Å². The zero-order chi connectivity index (χ0) is 13.3. The highest BCUT2D eigenvalue weighted by molar-refractivity contribution is 5.39. The van der Waals surface area contributed by atoms with Crippen molar-refractivity contribution in [1.82, 2.24) is 4.90 Å². The minimum atomic E-state index is 0.591. The summed E-state index contributed by atoms with van der Waals surface area (Å²) in [5.41, 5.74) is 0. The average molecular weight is 261 g/mol. The van der Waals surface area contributed by atoms with Crippen LogP contribution in [0.1, 0.15) is 19.3 Å². The molecule has 0 amide bonds. The third kappa shape index (κ3) is 4.60. The number of rotatable bonds is 6. The van der Waals surface area contributed by atoms with Gasteiger partial charge in [-0.3, -0.25) is 4.90 Å². The van der Waals surface area contributed by atoms with Crippen molar-refractivity contribution in [1.29, 1.82) is 0 Å². The molecule has 19 heavy (non-hydrogen) atoms. The van der Waals surface area contributed by atoms with Crippen LogP contribution in [0, 0.1) is 0 Å². The number of methoxy groups -OCH3 is 1. The summed E-state index contributed by atoms with van der Waals surface area (Å²) in [5.74, 6) is 1.58. The van der Waals surface area contributed by atoms with E-state index in [1.807, 2.05) is 24.3 Å². The Morgan fingerprint density at radius 3 is 2.53 bits per heavy atom. The Morgan fingerprint density at radius 1 is 1.05 bits per heavy atom. The minimum absolute atomic E-state index is 0.591. The molecule has 0 aromatic heterocycles. The molecule has 1 fully saturated rings. The first-order chi connectivity index (χ1) is 9.40. The maximum atomic E-state index is 5.69. The fourth-order valence-electron chi connectivity index (χ4n) is 2.31. The zero-order valence-corrected chi connectivity index (χ0v) is 11.7. The van der Waals surface area contributed by atoms with Crippen molar-refractivity contribution in [2.75, 3.05) is 33.4 Å².